The minimum absolute atomic E-state index is 0.0579. The zero-order chi connectivity index (χ0) is 18.8. The average Bonchev–Trinajstić information content (AvgIpc) is 3.27. The number of hydrogen-bond acceptors (Lipinski definition) is 4. The first-order chi connectivity index (χ1) is 12.4. The van der Waals surface area contributed by atoms with Crippen LogP contribution in [0.4, 0.5) is 0 Å². The number of amides is 2. The lowest BCUT2D eigenvalue weighted by atomic mass is 10.2. The number of carbonyl (C=O) groups is 2. The molecule has 0 unspecified atom stereocenters. The summed E-state index contributed by atoms with van der Waals surface area (Å²) < 4.78 is 4.81. The van der Waals surface area contributed by atoms with Crippen LogP contribution in [0.15, 0.2) is 17.5 Å². The maximum absolute atomic E-state index is 12.3. The van der Waals surface area contributed by atoms with E-state index in [2.05, 4.69) is 15.7 Å². The molecule has 0 radical (unpaired) electrons. The number of aromatic nitrogens is 3. The van der Waals surface area contributed by atoms with Crippen molar-refractivity contribution in [2.24, 2.45) is 7.05 Å². The van der Waals surface area contributed by atoms with Crippen LogP contribution in [0.25, 0.3) is 10.2 Å². The highest BCUT2D eigenvalue weighted by molar-refractivity contribution is 7.17. The lowest BCUT2D eigenvalue weighted by Crippen LogP contribution is -2.37. The second kappa shape index (κ2) is 7.33. The van der Waals surface area contributed by atoms with Crippen molar-refractivity contribution in [1.82, 2.24) is 25.0 Å². The van der Waals surface area contributed by atoms with Gasteiger partial charge in [0.25, 0.3) is 5.91 Å². The molecule has 3 aromatic rings. The van der Waals surface area contributed by atoms with Gasteiger partial charge in [0, 0.05) is 31.4 Å². The largest absolute Gasteiger partial charge is 0.350 e. The molecule has 26 heavy (non-hydrogen) atoms. The van der Waals surface area contributed by atoms with Gasteiger partial charge in [0.05, 0.1) is 22.5 Å². The standard InChI is InChI=1S/C18H23N5O2S/c1-5-23-12(3)13(11(2)21-23)9-19-17(24)10-20-18(25)15-8-16-14(22(15)4)6-7-26-16/h6-8H,5,9-10H2,1-4H3,(H,19,24)(H,20,25). The minimum atomic E-state index is -0.253. The highest BCUT2D eigenvalue weighted by Crippen LogP contribution is 2.23. The van der Waals surface area contributed by atoms with Gasteiger partial charge in [-0.15, -0.1) is 11.3 Å². The second-order valence-electron chi connectivity index (χ2n) is 6.18. The fourth-order valence-electron chi connectivity index (χ4n) is 3.07. The smallest absolute Gasteiger partial charge is 0.268 e. The predicted molar refractivity (Wildman–Crippen MR) is 102 cm³/mol. The highest BCUT2D eigenvalue weighted by Gasteiger charge is 2.16. The molecule has 0 atom stereocenters. The van der Waals surface area contributed by atoms with Crippen LogP contribution in [0.1, 0.15) is 34.4 Å². The Labute approximate surface area is 156 Å². The molecule has 8 heteroatoms. The van der Waals surface area contributed by atoms with Crippen LogP contribution in [-0.2, 0) is 24.9 Å². The van der Waals surface area contributed by atoms with Crippen molar-refractivity contribution in [2.45, 2.75) is 33.9 Å². The zero-order valence-electron chi connectivity index (χ0n) is 15.4. The number of hydrogen-bond donors (Lipinski definition) is 2. The van der Waals surface area contributed by atoms with Crippen LogP contribution in [-0.4, -0.2) is 32.7 Å². The van der Waals surface area contributed by atoms with E-state index in [4.69, 9.17) is 0 Å². The van der Waals surface area contributed by atoms with Crippen LogP contribution in [0, 0.1) is 13.8 Å². The Kier molecular flexibility index (Phi) is 5.13. The predicted octanol–water partition coefficient (Wildman–Crippen LogP) is 2.12. The van der Waals surface area contributed by atoms with Crippen molar-refractivity contribution in [3.63, 3.8) is 0 Å². The number of nitrogens with one attached hydrogen (secondary N) is 2. The Morgan fingerprint density at radius 1 is 1.27 bits per heavy atom. The van der Waals surface area contributed by atoms with E-state index < -0.39 is 0 Å². The van der Waals surface area contributed by atoms with E-state index in [0.29, 0.717) is 12.2 Å². The molecular formula is C18H23N5O2S. The summed E-state index contributed by atoms with van der Waals surface area (Å²) in [5.74, 6) is -0.477. The quantitative estimate of drug-likeness (QED) is 0.694. The van der Waals surface area contributed by atoms with Crippen LogP contribution in [0.3, 0.4) is 0 Å². The first-order valence-electron chi connectivity index (χ1n) is 8.53. The summed E-state index contributed by atoms with van der Waals surface area (Å²) in [6, 6.07) is 3.82. The third kappa shape index (κ3) is 3.37. The molecule has 0 bridgehead atoms. The van der Waals surface area contributed by atoms with Crippen molar-refractivity contribution in [2.75, 3.05) is 6.54 Å². The summed E-state index contributed by atoms with van der Waals surface area (Å²) >= 11 is 1.59. The molecule has 0 fully saturated rings. The van der Waals surface area contributed by atoms with E-state index in [1.807, 2.05) is 54.6 Å². The van der Waals surface area contributed by atoms with E-state index in [0.717, 1.165) is 33.7 Å². The number of fused-ring (bicyclic) bond motifs is 1. The molecule has 2 amide bonds. The van der Waals surface area contributed by atoms with Crippen molar-refractivity contribution in [3.8, 4) is 0 Å². The maximum atomic E-state index is 12.3. The molecule has 0 aromatic carbocycles. The van der Waals surface area contributed by atoms with Crippen LogP contribution < -0.4 is 10.6 Å². The van der Waals surface area contributed by atoms with Crippen molar-refractivity contribution < 1.29 is 9.59 Å². The van der Waals surface area contributed by atoms with Gasteiger partial charge < -0.3 is 15.2 Å². The summed E-state index contributed by atoms with van der Waals surface area (Å²) in [6.45, 7) is 7.11. The molecule has 0 aliphatic heterocycles. The van der Waals surface area contributed by atoms with Crippen molar-refractivity contribution >= 4 is 33.4 Å². The molecule has 0 spiro atoms. The van der Waals surface area contributed by atoms with Gasteiger partial charge in [0.1, 0.15) is 5.69 Å². The maximum Gasteiger partial charge on any atom is 0.268 e. The summed E-state index contributed by atoms with van der Waals surface area (Å²) in [5, 5.41) is 12.0. The van der Waals surface area contributed by atoms with Gasteiger partial charge in [-0.25, -0.2) is 0 Å². The van der Waals surface area contributed by atoms with E-state index >= 15 is 0 Å². The van der Waals surface area contributed by atoms with E-state index in [1.54, 1.807) is 11.3 Å². The Hall–Kier alpha value is -2.61. The Bertz CT molecular complexity index is 966. The van der Waals surface area contributed by atoms with Crippen molar-refractivity contribution in [1.29, 1.82) is 0 Å². The lowest BCUT2D eigenvalue weighted by molar-refractivity contribution is -0.120. The van der Waals surface area contributed by atoms with Crippen LogP contribution >= 0.6 is 11.3 Å². The monoisotopic (exact) mass is 373 g/mol. The number of nitrogens with zero attached hydrogens (tertiary/aromatic N) is 3. The molecule has 3 aromatic heterocycles. The number of carbonyl (C=O) groups excluding carboxylic acids is 2. The fraction of sp³-hybridized carbons (Fsp3) is 0.389. The van der Waals surface area contributed by atoms with Crippen molar-refractivity contribution in [3.05, 3.63) is 40.2 Å². The average molecular weight is 373 g/mol. The number of thiophene rings is 1. The topological polar surface area (TPSA) is 81.0 Å². The van der Waals surface area contributed by atoms with Gasteiger partial charge in [0.15, 0.2) is 0 Å². The first kappa shape index (κ1) is 18.2. The first-order valence-corrected chi connectivity index (χ1v) is 9.41. The van der Waals surface area contributed by atoms with Gasteiger partial charge in [-0.1, -0.05) is 0 Å². The molecule has 7 nitrogen and oxygen atoms in total. The molecular weight excluding hydrogens is 350 g/mol. The number of aryl methyl sites for hydroxylation is 3. The van der Waals surface area contributed by atoms with Crippen LogP contribution in [0.5, 0.6) is 0 Å². The summed E-state index contributed by atoms with van der Waals surface area (Å²) in [6.07, 6.45) is 0. The lowest BCUT2D eigenvalue weighted by Gasteiger charge is -2.08. The van der Waals surface area contributed by atoms with Gasteiger partial charge in [-0.3, -0.25) is 14.3 Å². The molecule has 2 N–H and O–H groups in total. The second-order valence-corrected chi connectivity index (χ2v) is 7.13. The molecule has 138 valence electrons. The SMILES string of the molecule is CCn1nc(C)c(CNC(=O)CNC(=O)c2cc3sccc3n2C)c1C. The minimum Gasteiger partial charge on any atom is -0.350 e. The Morgan fingerprint density at radius 2 is 2.04 bits per heavy atom. The molecule has 0 aliphatic rings. The van der Waals surface area contributed by atoms with Crippen LogP contribution in [0.2, 0.25) is 0 Å². The molecule has 0 aliphatic carbocycles. The zero-order valence-corrected chi connectivity index (χ0v) is 16.2. The van der Waals surface area contributed by atoms with E-state index in [9.17, 15) is 9.59 Å². The molecule has 3 rings (SSSR count). The normalized spacial score (nSPS) is 11.1. The molecule has 0 saturated heterocycles. The van der Waals surface area contributed by atoms with Gasteiger partial charge >= 0.3 is 0 Å². The Morgan fingerprint density at radius 3 is 2.69 bits per heavy atom. The van der Waals surface area contributed by atoms with E-state index in [-0.39, 0.29) is 18.4 Å². The molecule has 0 saturated carbocycles. The third-order valence-corrected chi connectivity index (χ3v) is 5.45. The van der Waals surface area contributed by atoms with E-state index in [1.165, 1.54) is 0 Å². The molecule has 3 heterocycles. The summed E-state index contributed by atoms with van der Waals surface area (Å²) in [4.78, 5) is 24.4. The Balaban J connectivity index is 1.55. The van der Waals surface area contributed by atoms with Gasteiger partial charge in [-0.2, -0.15) is 5.10 Å². The number of rotatable bonds is 6. The fourth-order valence-corrected chi connectivity index (χ4v) is 3.92. The highest BCUT2D eigenvalue weighted by atomic mass is 32.1. The van der Waals surface area contributed by atoms with Gasteiger partial charge in [0.2, 0.25) is 5.91 Å². The summed E-state index contributed by atoms with van der Waals surface area (Å²) in [5.41, 5.74) is 4.56. The van der Waals surface area contributed by atoms with Gasteiger partial charge in [-0.05, 0) is 38.3 Å². The third-order valence-electron chi connectivity index (χ3n) is 4.60. The summed E-state index contributed by atoms with van der Waals surface area (Å²) in [7, 11) is 1.85.